The molecule has 0 saturated heterocycles. The molecule has 0 radical (unpaired) electrons. The van der Waals surface area contributed by atoms with Crippen molar-refractivity contribution >= 4 is 11.6 Å². The quantitative estimate of drug-likeness (QED) is 0.905. The lowest BCUT2D eigenvalue weighted by Gasteiger charge is -2.19. The first-order valence-electron chi connectivity index (χ1n) is 6.75. The van der Waals surface area contributed by atoms with Crippen LogP contribution in [0.4, 0.5) is 5.69 Å². The van der Waals surface area contributed by atoms with E-state index in [0.29, 0.717) is 30.4 Å². The average Bonchev–Trinajstić information content (AvgIpc) is 2.55. The van der Waals surface area contributed by atoms with E-state index in [4.69, 9.17) is 15.2 Å². The molecule has 3 rings (SSSR count). The normalized spacial score (nSPS) is 14.3. The Morgan fingerprint density at radius 2 is 1.76 bits per heavy atom. The molecule has 1 atom stereocenters. The van der Waals surface area contributed by atoms with Crippen LogP contribution in [0.2, 0.25) is 0 Å². The Bertz CT molecular complexity index is 643. The van der Waals surface area contributed by atoms with E-state index < -0.39 is 6.04 Å². The van der Waals surface area contributed by atoms with Gasteiger partial charge in [-0.05, 0) is 17.7 Å². The second-order valence-corrected chi connectivity index (χ2v) is 4.74. The summed E-state index contributed by atoms with van der Waals surface area (Å²) in [5, 5.41) is 2.79. The third kappa shape index (κ3) is 2.98. The SMILES string of the molecule is NC(C(=O)Nc1ccc2c(c1)OCCO2)c1ccccc1. The van der Waals surface area contributed by atoms with Crippen molar-refractivity contribution in [2.75, 3.05) is 18.5 Å². The summed E-state index contributed by atoms with van der Waals surface area (Å²) in [4.78, 5) is 12.2. The summed E-state index contributed by atoms with van der Waals surface area (Å²) in [7, 11) is 0. The van der Waals surface area contributed by atoms with Gasteiger partial charge in [0.1, 0.15) is 19.3 Å². The van der Waals surface area contributed by atoms with Crippen LogP contribution in [0.5, 0.6) is 11.5 Å². The number of ether oxygens (including phenoxy) is 2. The fraction of sp³-hybridized carbons (Fsp3) is 0.188. The second-order valence-electron chi connectivity index (χ2n) is 4.74. The molecule has 2 aromatic carbocycles. The van der Waals surface area contributed by atoms with Crippen LogP contribution < -0.4 is 20.5 Å². The Morgan fingerprint density at radius 3 is 2.52 bits per heavy atom. The smallest absolute Gasteiger partial charge is 0.245 e. The Morgan fingerprint density at radius 1 is 1.05 bits per heavy atom. The summed E-state index contributed by atoms with van der Waals surface area (Å²) in [5.41, 5.74) is 7.36. The molecular weight excluding hydrogens is 268 g/mol. The molecule has 0 aromatic heterocycles. The van der Waals surface area contributed by atoms with Crippen LogP contribution in [0.1, 0.15) is 11.6 Å². The third-order valence-electron chi connectivity index (χ3n) is 3.25. The van der Waals surface area contributed by atoms with E-state index in [-0.39, 0.29) is 5.91 Å². The summed E-state index contributed by atoms with van der Waals surface area (Å²) < 4.78 is 10.9. The van der Waals surface area contributed by atoms with Crippen molar-refractivity contribution in [3.8, 4) is 11.5 Å². The molecule has 1 heterocycles. The summed E-state index contributed by atoms with van der Waals surface area (Å²) in [6.45, 7) is 1.05. The van der Waals surface area contributed by atoms with E-state index in [2.05, 4.69) is 5.32 Å². The van der Waals surface area contributed by atoms with Crippen LogP contribution in [-0.2, 0) is 4.79 Å². The number of nitrogens with two attached hydrogens (primary N) is 1. The van der Waals surface area contributed by atoms with Crippen molar-refractivity contribution in [3.05, 3.63) is 54.1 Å². The summed E-state index contributed by atoms with van der Waals surface area (Å²) in [6, 6.07) is 13.8. The first-order chi connectivity index (χ1) is 10.2. The molecule has 21 heavy (non-hydrogen) atoms. The van der Waals surface area contributed by atoms with Crippen molar-refractivity contribution in [1.82, 2.24) is 0 Å². The van der Waals surface area contributed by atoms with Gasteiger partial charge in [-0.15, -0.1) is 0 Å². The number of anilines is 1. The highest BCUT2D eigenvalue weighted by molar-refractivity contribution is 5.95. The number of fused-ring (bicyclic) bond motifs is 1. The minimum Gasteiger partial charge on any atom is -0.486 e. The predicted octanol–water partition coefficient (Wildman–Crippen LogP) is 2.10. The molecule has 5 heteroatoms. The van der Waals surface area contributed by atoms with Gasteiger partial charge in [0, 0.05) is 11.8 Å². The summed E-state index contributed by atoms with van der Waals surface area (Å²) in [5.74, 6) is 1.05. The van der Waals surface area contributed by atoms with Crippen LogP contribution >= 0.6 is 0 Å². The Hall–Kier alpha value is -2.53. The van der Waals surface area contributed by atoms with E-state index in [1.807, 2.05) is 30.3 Å². The summed E-state index contributed by atoms with van der Waals surface area (Å²) >= 11 is 0. The Kier molecular flexibility index (Phi) is 3.75. The Balaban J connectivity index is 1.73. The number of carbonyl (C=O) groups is 1. The van der Waals surface area contributed by atoms with Crippen molar-refractivity contribution in [3.63, 3.8) is 0 Å². The van der Waals surface area contributed by atoms with Crippen molar-refractivity contribution in [1.29, 1.82) is 0 Å². The van der Waals surface area contributed by atoms with Crippen LogP contribution in [-0.4, -0.2) is 19.1 Å². The predicted molar refractivity (Wildman–Crippen MR) is 79.4 cm³/mol. The standard InChI is InChI=1S/C16H16N2O3/c17-15(11-4-2-1-3-5-11)16(19)18-12-6-7-13-14(10-12)21-9-8-20-13/h1-7,10,15H,8-9,17H2,(H,18,19). The highest BCUT2D eigenvalue weighted by atomic mass is 16.6. The van der Waals surface area contributed by atoms with Gasteiger partial charge in [0.25, 0.3) is 0 Å². The van der Waals surface area contributed by atoms with Gasteiger partial charge in [0.2, 0.25) is 5.91 Å². The van der Waals surface area contributed by atoms with Gasteiger partial charge in [-0.2, -0.15) is 0 Å². The van der Waals surface area contributed by atoms with Crippen molar-refractivity contribution in [2.24, 2.45) is 5.73 Å². The monoisotopic (exact) mass is 284 g/mol. The molecule has 1 aliphatic heterocycles. The fourth-order valence-electron chi connectivity index (χ4n) is 2.15. The largest absolute Gasteiger partial charge is 0.486 e. The van der Waals surface area contributed by atoms with E-state index in [1.165, 1.54) is 0 Å². The van der Waals surface area contributed by atoms with E-state index in [9.17, 15) is 4.79 Å². The number of hydrogen-bond donors (Lipinski definition) is 2. The molecule has 0 saturated carbocycles. The zero-order valence-corrected chi connectivity index (χ0v) is 11.4. The summed E-state index contributed by atoms with van der Waals surface area (Å²) in [6.07, 6.45) is 0. The lowest BCUT2D eigenvalue weighted by atomic mass is 10.1. The number of rotatable bonds is 3. The van der Waals surface area contributed by atoms with E-state index in [0.717, 1.165) is 5.56 Å². The molecular formula is C16H16N2O3. The molecule has 108 valence electrons. The van der Waals surface area contributed by atoms with Crippen molar-refractivity contribution < 1.29 is 14.3 Å². The second kappa shape index (κ2) is 5.85. The first kappa shape index (κ1) is 13.5. The number of nitrogens with one attached hydrogen (secondary N) is 1. The number of benzene rings is 2. The van der Waals surface area contributed by atoms with Gasteiger partial charge < -0.3 is 20.5 Å². The highest BCUT2D eigenvalue weighted by Crippen LogP contribution is 2.32. The van der Waals surface area contributed by atoms with Gasteiger partial charge in [0.05, 0.1) is 0 Å². The molecule has 1 unspecified atom stereocenters. The van der Waals surface area contributed by atoms with Crippen LogP contribution in [0.25, 0.3) is 0 Å². The minimum absolute atomic E-state index is 0.266. The zero-order chi connectivity index (χ0) is 14.7. The van der Waals surface area contributed by atoms with E-state index in [1.54, 1.807) is 18.2 Å². The highest BCUT2D eigenvalue weighted by Gasteiger charge is 2.17. The number of amides is 1. The van der Waals surface area contributed by atoms with Crippen LogP contribution in [0.3, 0.4) is 0 Å². The first-order valence-corrected chi connectivity index (χ1v) is 6.75. The van der Waals surface area contributed by atoms with E-state index >= 15 is 0 Å². The molecule has 0 fully saturated rings. The van der Waals surface area contributed by atoms with Gasteiger partial charge >= 0.3 is 0 Å². The van der Waals surface area contributed by atoms with Gasteiger partial charge in [0.15, 0.2) is 11.5 Å². The van der Waals surface area contributed by atoms with Crippen LogP contribution in [0, 0.1) is 0 Å². The zero-order valence-electron chi connectivity index (χ0n) is 11.4. The van der Waals surface area contributed by atoms with Crippen molar-refractivity contribution in [2.45, 2.75) is 6.04 Å². The average molecular weight is 284 g/mol. The lowest BCUT2D eigenvalue weighted by molar-refractivity contribution is -0.117. The number of carbonyl (C=O) groups excluding carboxylic acids is 1. The molecule has 3 N–H and O–H groups in total. The van der Waals surface area contributed by atoms with Gasteiger partial charge in [-0.1, -0.05) is 30.3 Å². The maximum atomic E-state index is 12.2. The molecule has 5 nitrogen and oxygen atoms in total. The molecule has 0 aliphatic carbocycles. The fourth-order valence-corrected chi connectivity index (χ4v) is 2.15. The molecule has 0 bridgehead atoms. The Labute approximate surface area is 122 Å². The van der Waals surface area contributed by atoms with Gasteiger partial charge in [-0.3, -0.25) is 4.79 Å². The lowest BCUT2D eigenvalue weighted by Crippen LogP contribution is -2.27. The molecule has 2 aromatic rings. The minimum atomic E-state index is -0.709. The maximum Gasteiger partial charge on any atom is 0.245 e. The molecule has 1 amide bonds. The molecule has 1 aliphatic rings. The van der Waals surface area contributed by atoms with Gasteiger partial charge in [-0.25, -0.2) is 0 Å². The third-order valence-corrected chi connectivity index (χ3v) is 3.25. The molecule has 0 spiro atoms. The van der Waals surface area contributed by atoms with Crippen LogP contribution in [0.15, 0.2) is 48.5 Å². The topological polar surface area (TPSA) is 73.6 Å². The number of hydrogen-bond acceptors (Lipinski definition) is 4. The maximum absolute atomic E-state index is 12.2.